The second-order valence-corrected chi connectivity index (χ2v) is 10.2. The van der Waals surface area contributed by atoms with Crippen LogP contribution in [0.1, 0.15) is 48.0 Å². The SMILES string of the molecule is O=C(c1cc(Cn2c(=O)[nH]c(=O)c3cc(Cl)ccc32)ccc1F)N1CCN(C(=O)C2CCCCC2)CC1. The van der Waals surface area contributed by atoms with Crippen molar-refractivity contribution in [2.24, 2.45) is 5.92 Å². The van der Waals surface area contributed by atoms with E-state index >= 15 is 0 Å². The van der Waals surface area contributed by atoms with Crippen molar-refractivity contribution in [2.75, 3.05) is 26.2 Å². The van der Waals surface area contributed by atoms with Crippen LogP contribution in [-0.4, -0.2) is 57.3 Å². The summed E-state index contributed by atoms with van der Waals surface area (Å²) in [5, 5.41) is 0.615. The van der Waals surface area contributed by atoms with Gasteiger partial charge in [-0.1, -0.05) is 36.9 Å². The summed E-state index contributed by atoms with van der Waals surface area (Å²) in [5.74, 6) is -0.858. The molecule has 1 saturated heterocycles. The van der Waals surface area contributed by atoms with E-state index in [-0.39, 0.29) is 29.3 Å². The number of amides is 2. The molecule has 10 heteroatoms. The van der Waals surface area contributed by atoms with E-state index in [1.807, 2.05) is 4.90 Å². The van der Waals surface area contributed by atoms with Crippen molar-refractivity contribution in [1.29, 1.82) is 0 Å². The number of carbonyl (C=O) groups excluding carboxylic acids is 2. The van der Waals surface area contributed by atoms with E-state index in [1.165, 1.54) is 35.3 Å². The smallest absolute Gasteiger partial charge is 0.329 e. The molecule has 2 fully saturated rings. The first-order chi connectivity index (χ1) is 17.8. The third-order valence-electron chi connectivity index (χ3n) is 7.39. The molecule has 0 spiro atoms. The third-order valence-corrected chi connectivity index (χ3v) is 7.63. The molecule has 0 radical (unpaired) electrons. The minimum Gasteiger partial charge on any atom is -0.339 e. The summed E-state index contributed by atoms with van der Waals surface area (Å²) in [5.41, 5.74) is -0.338. The first-order valence-electron chi connectivity index (χ1n) is 12.6. The number of nitrogens with one attached hydrogen (secondary N) is 1. The van der Waals surface area contributed by atoms with Gasteiger partial charge in [0, 0.05) is 37.1 Å². The number of hydrogen-bond acceptors (Lipinski definition) is 4. The number of nitrogens with zero attached hydrogens (tertiary/aromatic N) is 3. The number of hydrogen-bond donors (Lipinski definition) is 1. The van der Waals surface area contributed by atoms with E-state index in [0.717, 1.165) is 25.7 Å². The molecule has 0 unspecified atom stereocenters. The molecule has 2 amide bonds. The van der Waals surface area contributed by atoms with E-state index in [1.54, 1.807) is 17.0 Å². The maximum atomic E-state index is 14.7. The molecule has 37 heavy (non-hydrogen) atoms. The van der Waals surface area contributed by atoms with Crippen molar-refractivity contribution >= 4 is 34.3 Å². The number of rotatable bonds is 4. The van der Waals surface area contributed by atoms with Crippen molar-refractivity contribution in [1.82, 2.24) is 19.4 Å². The van der Waals surface area contributed by atoms with Gasteiger partial charge in [-0.25, -0.2) is 9.18 Å². The van der Waals surface area contributed by atoms with E-state index in [9.17, 15) is 23.6 Å². The Morgan fingerprint density at radius 2 is 1.65 bits per heavy atom. The Balaban J connectivity index is 1.33. The largest absolute Gasteiger partial charge is 0.339 e. The van der Waals surface area contributed by atoms with Gasteiger partial charge in [-0.05, 0) is 48.7 Å². The molecule has 0 atom stereocenters. The van der Waals surface area contributed by atoms with Gasteiger partial charge in [-0.15, -0.1) is 0 Å². The predicted octanol–water partition coefficient (Wildman–Crippen LogP) is 3.40. The first-order valence-corrected chi connectivity index (χ1v) is 13.0. The second-order valence-electron chi connectivity index (χ2n) is 9.77. The van der Waals surface area contributed by atoms with Gasteiger partial charge in [0.1, 0.15) is 5.82 Å². The average Bonchev–Trinajstić information content (AvgIpc) is 2.92. The van der Waals surface area contributed by atoms with Gasteiger partial charge in [0.05, 0.1) is 23.0 Å². The molecule has 8 nitrogen and oxygen atoms in total. The van der Waals surface area contributed by atoms with Gasteiger partial charge in [0.15, 0.2) is 0 Å². The lowest BCUT2D eigenvalue weighted by Crippen LogP contribution is -2.52. The fourth-order valence-corrected chi connectivity index (χ4v) is 5.52. The van der Waals surface area contributed by atoms with Gasteiger partial charge in [0.2, 0.25) is 5.91 Å². The van der Waals surface area contributed by atoms with E-state index in [4.69, 9.17) is 11.6 Å². The highest BCUT2D eigenvalue weighted by atomic mass is 35.5. The van der Waals surface area contributed by atoms with Crippen LogP contribution in [-0.2, 0) is 11.3 Å². The number of aromatic nitrogens is 2. The Hall–Kier alpha value is -3.46. The normalized spacial score (nSPS) is 16.8. The summed E-state index contributed by atoms with van der Waals surface area (Å²) in [6.07, 6.45) is 5.20. The summed E-state index contributed by atoms with van der Waals surface area (Å²) >= 11 is 6.01. The lowest BCUT2D eigenvalue weighted by atomic mass is 9.88. The molecule has 1 saturated carbocycles. The third kappa shape index (κ3) is 5.18. The number of piperazine rings is 1. The van der Waals surface area contributed by atoms with Crippen molar-refractivity contribution < 1.29 is 14.0 Å². The molecular formula is C27H28ClFN4O4. The maximum Gasteiger partial charge on any atom is 0.329 e. The fourth-order valence-electron chi connectivity index (χ4n) is 5.35. The molecule has 2 heterocycles. The Bertz CT molecular complexity index is 1470. The van der Waals surface area contributed by atoms with Crippen molar-refractivity contribution in [3.8, 4) is 0 Å². The molecular weight excluding hydrogens is 499 g/mol. The number of fused-ring (bicyclic) bond motifs is 1. The van der Waals surface area contributed by atoms with Crippen LogP contribution in [0, 0.1) is 11.7 Å². The number of H-pyrrole nitrogens is 1. The van der Waals surface area contributed by atoms with Crippen molar-refractivity contribution in [2.45, 2.75) is 38.6 Å². The van der Waals surface area contributed by atoms with Gasteiger partial charge in [-0.2, -0.15) is 0 Å². The lowest BCUT2D eigenvalue weighted by Gasteiger charge is -2.37. The highest BCUT2D eigenvalue weighted by Crippen LogP contribution is 2.26. The average molecular weight is 527 g/mol. The van der Waals surface area contributed by atoms with Gasteiger partial charge < -0.3 is 9.80 Å². The van der Waals surface area contributed by atoms with Crippen LogP contribution in [0.2, 0.25) is 5.02 Å². The van der Waals surface area contributed by atoms with E-state index in [2.05, 4.69) is 4.98 Å². The minimum absolute atomic E-state index is 0.0258. The molecule has 5 rings (SSSR count). The Labute approximate surface area is 217 Å². The molecule has 2 aromatic carbocycles. The number of aromatic amines is 1. The maximum absolute atomic E-state index is 14.7. The molecule has 1 aromatic heterocycles. The minimum atomic E-state index is -0.653. The van der Waals surface area contributed by atoms with E-state index < -0.39 is 23.0 Å². The summed E-state index contributed by atoms with van der Waals surface area (Å²) < 4.78 is 16.1. The van der Waals surface area contributed by atoms with Crippen LogP contribution in [0.3, 0.4) is 0 Å². The van der Waals surface area contributed by atoms with E-state index in [0.29, 0.717) is 42.3 Å². The van der Waals surface area contributed by atoms with Crippen LogP contribution in [0.4, 0.5) is 4.39 Å². The highest BCUT2D eigenvalue weighted by molar-refractivity contribution is 6.31. The topological polar surface area (TPSA) is 95.5 Å². The summed E-state index contributed by atoms with van der Waals surface area (Å²) in [4.78, 5) is 56.5. The summed E-state index contributed by atoms with van der Waals surface area (Å²) in [7, 11) is 0. The Kier molecular flexibility index (Phi) is 7.15. The van der Waals surface area contributed by atoms with Crippen LogP contribution in [0.25, 0.3) is 10.9 Å². The molecule has 1 aliphatic carbocycles. The Morgan fingerprint density at radius 3 is 2.38 bits per heavy atom. The molecule has 1 aliphatic heterocycles. The molecule has 194 valence electrons. The van der Waals surface area contributed by atoms with Crippen LogP contribution >= 0.6 is 11.6 Å². The fraction of sp³-hybridized carbons (Fsp3) is 0.407. The number of carbonyl (C=O) groups is 2. The molecule has 0 bridgehead atoms. The molecule has 2 aliphatic rings. The van der Waals surface area contributed by atoms with Crippen molar-refractivity contribution in [3.63, 3.8) is 0 Å². The zero-order chi connectivity index (χ0) is 26.1. The zero-order valence-electron chi connectivity index (χ0n) is 20.3. The monoisotopic (exact) mass is 526 g/mol. The van der Waals surface area contributed by atoms with Gasteiger partial charge in [-0.3, -0.25) is 23.9 Å². The predicted molar refractivity (Wildman–Crippen MR) is 138 cm³/mol. The quantitative estimate of drug-likeness (QED) is 0.563. The van der Waals surface area contributed by atoms with Crippen LogP contribution in [0.15, 0.2) is 46.0 Å². The number of halogens is 2. The van der Waals surface area contributed by atoms with Crippen LogP contribution < -0.4 is 11.2 Å². The second kappa shape index (κ2) is 10.5. The first kappa shape index (κ1) is 25.2. The lowest BCUT2D eigenvalue weighted by molar-refractivity contribution is -0.138. The van der Waals surface area contributed by atoms with Crippen molar-refractivity contribution in [3.05, 3.63) is 79.2 Å². The summed E-state index contributed by atoms with van der Waals surface area (Å²) in [6.45, 7) is 1.57. The highest BCUT2D eigenvalue weighted by Gasteiger charge is 2.30. The standard InChI is InChI=1S/C27H28ClFN4O4/c28-19-7-9-23-21(15-19)24(34)30-27(37)33(23)16-17-6-8-22(29)20(14-17)26(36)32-12-10-31(11-13-32)25(35)18-4-2-1-3-5-18/h6-9,14-15,18H,1-5,10-13,16H2,(H,30,34,37). The van der Waals surface area contributed by atoms with Gasteiger partial charge in [0.25, 0.3) is 11.5 Å². The molecule has 1 N–H and O–H groups in total. The van der Waals surface area contributed by atoms with Crippen LogP contribution in [0.5, 0.6) is 0 Å². The Morgan fingerprint density at radius 1 is 0.946 bits per heavy atom. The molecule has 3 aromatic rings. The zero-order valence-corrected chi connectivity index (χ0v) is 21.1. The number of benzene rings is 2. The summed E-state index contributed by atoms with van der Waals surface area (Å²) in [6, 6.07) is 8.80. The van der Waals surface area contributed by atoms with Gasteiger partial charge >= 0.3 is 5.69 Å².